The number of halogens is 1. The van der Waals surface area contributed by atoms with E-state index in [1.165, 1.54) is 0 Å². The summed E-state index contributed by atoms with van der Waals surface area (Å²) in [6.45, 7) is 0.535. The third-order valence-corrected chi connectivity index (χ3v) is 4.15. The standard InChI is InChI=1S/C17H18ClNO2S/c1-21-10-13-4-3-7-16(9-13)19-17(20)12-22-11-14-5-2-6-15(18)8-14/h2-9H,10-12H2,1H3,(H,19,20). The number of amides is 1. The number of hydrogen-bond acceptors (Lipinski definition) is 3. The van der Waals surface area contributed by atoms with Crippen molar-refractivity contribution >= 4 is 35.0 Å². The molecule has 0 unspecified atom stereocenters. The van der Waals surface area contributed by atoms with E-state index >= 15 is 0 Å². The fourth-order valence-corrected chi connectivity index (χ4v) is 2.98. The molecule has 0 saturated heterocycles. The van der Waals surface area contributed by atoms with Crippen molar-refractivity contribution in [2.24, 2.45) is 0 Å². The van der Waals surface area contributed by atoms with Crippen LogP contribution in [0.5, 0.6) is 0 Å². The minimum absolute atomic E-state index is 0.0124. The van der Waals surface area contributed by atoms with Gasteiger partial charge in [-0.3, -0.25) is 4.79 Å². The Balaban J connectivity index is 1.79. The molecule has 1 amide bonds. The minimum atomic E-state index is -0.0124. The Morgan fingerprint density at radius 3 is 2.73 bits per heavy atom. The maximum Gasteiger partial charge on any atom is 0.234 e. The molecule has 0 aliphatic heterocycles. The highest BCUT2D eigenvalue weighted by atomic mass is 35.5. The minimum Gasteiger partial charge on any atom is -0.380 e. The summed E-state index contributed by atoms with van der Waals surface area (Å²) in [6.07, 6.45) is 0. The number of nitrogens with one attached hydrogen (secondary N) is 1. The molecule has 1 N–H and O–H groups in total. The zero-order valence-electron chi connectivity index (χ0n) is 12.3. The van der Waals surface area contributed by atoms with Crippen molar-refractivity contribution in [2.75, 3.05) is 18.2 Å². The SMILES string of the molecule is COCc1cccc(NC(=O)CSCc2cccc(Cl)c2)c1. The second-order valence-corrected chi connectivity index (χ2v) is 6.23. The molecule has 22 heavy (non-hydrogen) atoms. The van der Waals surface area contributed by atoms with E-state index in [-0.39, 0.29) is 5.91 Å². The number of rotatable bonds is 7. The number of carbonyl (C=O) groups excluding carboxylic acids is 1. The lowest BCUT2D eigenvalue weighted by Crippen LogP contribution is -2.14. The van der Waals surface area contributed by atoms with Crippen LogP contribution in [0.25, 0.3) is 0 Å². The molecular formula is C17H18ClNO2S. The molecule has 0 fully saturated rings. The van der Waals surface area contributed by atoms with Crippen molar-refractivity contribution in [3.63, 3.8) is 0 Å². The van der Waals surface area contributed by atoms with Crippen LogP contribution >= 0.6 is 23.4 Å². The molecule has 0 radical (unpaired) electrons. The summed E-state index contributed by atoms with van der Waals surface area (Å²) in [5.74, 6) is 1.15. The number of thioether (sulfide) groups is 1. The van der Waals surface area contributed by atoms with E-state index in [0.717, 1.165) is 27.6 Å². The number of hydrogen-bond donors (Lipinski definition) is 1. The summed E-state index contributed by atoms with van der Waals surface area (Å²) in [7, 11) is 1.65. The molecule has 2 aromatic rings. The van der Waals surface area contributed by atoms with E-state index < -0.39 is 0 Å². The van der Waals surface area contributed by atoms with Crippen molar-refractivity contribution in [3.05, 3.63) is 64.7 Å². The van der Waals surface area contributed by atoms with Gasteiger partial charge in [0.2, 0.25) is 5.91 Å². The Hall–Kier alpha value is -1.49. The zero-order chi connectivity index (χ0) is 15.8. The number of carbonyl (C=O) groups is 1. The van der Waals surface area contributed by atoms with Gasteiger partial charge in [-0.1, -0.05) is 35.9 Å². The fraction of sp³-hybridized carbons (Fsp3) is 0.235. The van der Waals surface area contributed by atoms with Gasteiger partial charge in [-0.15, -0.1) is 11.8 Å². The predicted octanol–water partition coefficient (Wildman–Crippen LogP) is 4.36. The second-order valence-electron chi connectivity index (χ2n) is 4.80. The van der Waals surface area contributed by atoms with Gasteiger partial charge >= 0.3 is 0 Å². The van der Waals surface area contributed by atoms with Crippen LogP contribution in [0.1, 0.15) is 11.1 Å². The smallest absolute Gasteiger partial charge is 0.234 e. The van der Waals surface area contributed by atoms with Gasteiger partial charge < -0.3 is 10.1 Å². The van der Waals surface area contributed by atoms with E-state index in [4.69, 9.17) is 16.3 Å². The van der Waals surface area contributed by atoms with Crippen LogP contribution in [-0.2, 0) is 21.9 Å². The van der Waals surface area contributed by atoms with E-state index in [2.05, 4.69) is 5.32 Å². The Morgan fingerprint density at radius 1 is 1.18 bits per heavy atom. The van der Waals surface area contributed by atoms with Crippen LogP contribution in [0.15, 0.2) is 48.5 Å². The first kappa shape index (κ1) is 16.9. The van der Waals surface area contributed by atoms with Crippen molar-refractivity contribution < 1.29 is 9.53 Å². The lowest BCUT2D eigenvalue weighted by molar-refractivity contribution is -0.113. The first-order valence-corrected chi connectivity index (χ1v) is 8.40. The molecule has 0 heterocycles. The quantitative estimate of drug-likeness (QED) is 0.817. The number of ether oxygens (including phenoxy) is 1. The van der Waals surface area contributed by atoms with Crippen LogP contribution < -0.4 is 5.32 Å². The van der Waals surface area contributed by atoms with Crippen molar-refractivity contribution in [1.29, 1.82) is 0 Å². The second kappa shape index (κ2) is 8.83. The molecule has 0 aromatic heterocycles. The molecule has 3 nitrogen and oxygen atoms in total. The molecule has 0 atom stereocenters. The molecule has 2 rings (SSSR count). The normalized spacial score (nSPS) is 10.5. The Morgan fingerprint density at radius 2 is 1.95 bits per heavy atom. The van der Waals surface area contributed by atoms with Crippen LogP contribution in [0.2, 0.25) is 5.02 Å². The van der Waals surface area contributed by atoms with Gasteiger partial charge in [0, 0.05) is 23.6 Å². The monoisotopic (exact) mass is 335 g/mol. The zero-order valence-corrected chi connectivity index (χ0v) is 13.9. The molecule has 116 valence electrons. The molecule has 0 saturated carbocycles. The average Bonchev–Trinajstić information content (AvgIpc) is 2.48. The Kier molecular flexibility index (Phi) is 6.77. The van der Waals surface area contributed by atoms with Crippen LogP contribution in [0.4, 0.5) is 5.69 Å². The number of benzene rings is 2. The topological polar surface area (TPSA) is 38.3 Å². The summed E-state index contributed by atoms with van der Waals surface area (Å²) in [6, 6.07) is 15.3. The van der Waals surface area contributed by atoms with Gasteiger partial charge in [-0.05, 0) is 35.4 Å². The highest BCUT2D eigenvalue weighted by Gasteiger charge is 2.04. The molecule has 0 spiro atoms. The predicted molar refractivity (Wildman–Crippen MR) is 93.4 cm³/mol. The largest absolute Gasteiger partial charge is 0.380 e. The Bertz CT molecular complexity index is 634. The first-order chi connectivity index (χ1) is 10.7. The molecule has 0 aliphatic rings. The fourth-order valence-electron chi connectivity index (χ4n) is 1.99. The van der Waals surface area contributed by atoms with Crippen LogP contribution in [0, 0.1) is 0 Å². The van der Waals surface area contributed by atoms with E-state index in [9.17, 15) is 4.79 Å². The summed E-state index contributed by atoms with van der Waals surface area (Å²) >= 11 is 7.50. The van der Waals surface area contributed by atoms with Gasteiger partial charge in [0.25, 0.3) is 0 Å². The van der Waals surface area contributed by atoms with Crippen LogP contribution in [0.3, 0.4) is 0 Å². The highest BCUT2D eigenvalue weighted by Crippen LogP contribution is 2.17. The van der Waals surface area contributed by atoms with E-state index in [1.807, 2.05) is 48.5 Å². The highest BCUT2D eigenvalue weighted by molar-refractivity contribution is 7.99. The molecule has 5 heteroatoms. The van der Waals surface area contributed by atoms with Crippen molar-refractivity contribution in [1.82, 2.24) is 0 Å². The summed E-state index contributed by atoms with van der Waals surface area (Å²) in [5, 5.41) is 3.62. The number of anilines is 1. The Labute approximate surface area is 140 Å². The van der Waals surface area contributed by atoms with E-state index in [1.54, 1.807) is 18.9 Å². The van der Waals surface area contributed by atoms with Gasteiger partial charge in [0.1, 0.15) is 0 Å². The van der Waals surface area contributed by atoms with Gasteiger partial charge in [0.15, 0.2) is 0 Å². The molecule has 0 bridgehead atoms. The third-order valence-electron chi connectivity index (χ3n) is 2.91. The van der Waals surface area contributed by atoms with Crippen molar-refractivity contribution in [3.8, 4) is 0 Å². The average molecular weight is 336 g/mol. The third kappa shape index (κ3) is 5.72. The summed E-state index contributed by atoms with van der Waals surface area (Å²) in [4.78, 5) is 11.9. The number of methoxy groups -OCH3 is 1. The lowest BCUT2D eigenvalue weighted by atomic mass is 10.2. The summed E-state index contributed by atoms with van der Waals surface area (Å²) < 4.78 is 5.08. The summed E-state index contributed by atoms with van der Waals surface area (Å²) in [5.41, 5.74) is 2.95. The maximum absolute atomic E-state index is 11.9. The van der Waals surface area contributed by atoms with Gasteiger partial charge in [0.05, 0.1) is 12.4 Å². The molecule has 2 aromatic carbocycles. The first-order valence-electron chi connectivity index (χ1n) is 6.87. The molecule has 0 aliphatic carbocycles. The lowest BCUT2D eigenvalue weighted by Gasteiger charge is -2.07. The van der Waals surface area contributed by atoms with E-state index in [0.29, 0.717) is 12.4 Å². The van der Waals surface area contributed by atoms with Crippen molar-refractivity contribution in [2.45, 2.75) is 12.4 Å². The van der Waals surface area contributed by atoms with Gasteiger partial charge in [-0.2, -0.15) is 0 Å². The van der Waals surface area contributed by atoms with Crippen LogP contribution in [-0.4, -0.2) is 18.8 Å². The maximum atomic E-state index is 11.9. The molecular weight excluding hydrogens is 318 g/mol. The van der Waals surface area contributed by atoms with Gasteiger partial charge in [-0.25, -0.2) is 0 Å².